The first-order valence-electron chi connectivity index (χ1n) is 6.66. The molecule has 0 nitrogen and oxygen atoms in total. The highest BCUT2D eigenvalue weighted by atomic mass is 79.9. The monoisotopic (exact) mass is 312 g/mol. The van der Waals surface area contributed by atoms with Gasteiger partial charge in [-0.25, -0.2) is 0 Å². The third-order valence-electron chi connectivity index (χ3n) is 4.12. The van der Waals surface area contributed by atoms with E-state index in [4.69, 9.17) is 0 Å². The zero-order valence-electron chi connectivity index (χ0n) is 11.5. The van der Waals surface area contributed by atoms with E-state index in [2.05, 4.69) is 79.2 Å². The van der Waals surface area contributed by atoms with Gasteiger partial charge in [-0.15, -0.1) is 0 Å². The average Bonchev–Trinajstić information content (AvgIpc) is 2.75. The van der Waals surface area contributed by atoms with Crippen LogP contribution in [0.25, 0.3) is 17.2 Å². The van der Waals surface area contributed by atoms with Crippen molar-refractivity contribution >= 4 is 22.0 Å². The van der Waals surface area contributed by atoms with Gasteiger partial charge in [-0.1, -0.05) is 53.2 Å². The van der Waals surface area contributed by atoms with Gasteiger partial charge in [-0.2, -0.15) is 0 Å². The van der Waals surface area contributed by atoms with Crippen LogP contribution in [-0.4, -0.2) is 0 Å². The van der Waals surface area contributed by atoms with Crippen molar-refractivity contribution in [3.8, 4) is 11.1 Å². The smallest absolute Gasteiger partial charge is 0.0256 e. The van der Waals surface area contributed by atoms with E-state index >= 15 is 0 Å². The molecule has 0 bridgehead atoms. The molecule has 0 radical (unpaired) electrons. The first kappa shape index (κ1) is 12.7. The number of allylic oxidation sites excluding steroid dienone is 1. The Morgan fingerprint density at radius 2 is 1.89 bits per heavy atom. The second-order valence-electron chi connectivity index (χ2n) is 5.36. The van der Waals surface area contributed by atoms with Crippen LogP contribution in [0, 0.1) is 13.8 Å². The normalized spacial score (nSPS) is 16.7. The first-order valence-corrected chi connectivity index (χ1v) is 7.45. The summed E-state index contributed by atoms with van der Waals surface area (Å²) in [5.41, 5.74) is 8.12. The fourth-order valence-corrected chi connectivity index (χ4v) is 3.36. The molecule has 1 aliphatic rings. The Morgan fingerprint density at radius 3 is 2.68 bits per heavy atom. The first-order chi connectivity index (χ1) is 9.08. The van der Waals surface area contributed by atoms with Crippen LogP contribution in [0.5, 0.6) is 0 Å². The Balaban J connectivity index is 2.21. The molecule has 1 atom stereocenters. The Hall–Kier alpha value is -1.34. The van der Waals surface area contributed by atoms with Gasteiger partial charge in [0.2, 0.25) is 0 Å². The van der Waals surface area contributed by atoms with Crippen LogP contribution in [-0.2, 0) is 0 Å². The third kappa shape index (κ3) is 2.06. The SMILES string of the molecule is Cc1cccc(-c2cc(Br)c3c(c2)C(C)C=C3)c1C. The molecule has 0 saturated heterocycles. The zero-order valence-corrected chi connectivity index (χ0v) is 13.1. The molecule has 0 aromatic heterocycles. The van der Waals surface area contributed by atoms with E-state index < -0.39 is 0 Å². The van der Waals surface area contributed by atoms with Crippen molar-refractivity contribution in [2.45, 2.75) is 26.7 Å². The lowest BCUT2D eigenvalue weighted by atomic mass is 9.93. The van der Waals surface area contributed by atoms with Crippen molar-refractivity contribution < 1.29 is 0 Å². The third-order valence-corrected chi connectivity index (χ3v) is 4.78. The van der Waals surface area contributed by atoms with Crippen molar-refractivity contribution in [3.63, 3.8) is 0 Å². The van der Waals surface area contributed by atoms with Crippen molar-refractivity contribution in [1.29, 1.82) is 0 Å². The van der Waals surface area contributed by atoms with Gasteiger partial charge in [-0.05, 0) is 65.3 Å². The summed E-state index contributed by atoms with van der Waals surface area (Å²) in [6.07, 6.45) is 4.49. The van der Waals surface area contributed by atoms with Crippen LogP contribution in [0.15, 0.2) is 40.9 Å². The molecule has 0 N–H and O–H groups in total. The number of halogens is 1. The summed E-state index contributed by atoms with van der Waals surface area (Å²) in [7, 11) is 0. The minimum Gasteiger partial charge on any atom is -0.0766 e. The Morgan fingerprint density at radius 1 is 1.11 bits per heavy atom. The Labute approximate surface area is 123 Å². The molecule has 0 heterocycles. The summed E-state index contributed by atoms with van der Waals surface area (Å²) in [6, 6.07) is 11.1. The summed E-state index contributed by atoms with van der Waals surface area (Å²) in [5.74, 6) is 0.511. The van der Waals surface area contributed by atoms with E-state index in [9.17, 15) is 0 Å². The lowest BCUT2D eigenvalue weighted by Gasteiger charge is -2.13. The average molecular weight is 313 g/mol. The number of benzene rings is 2. The van der Waals surface area contributed by atoms with Gasteiger partial charge in [0.15, 0.2) is 0 Å². The van der Waals surface area contributed by atoms with Crippen LogP contribution >= 0.6 is 15.9 Å². The fraction of sp³-hybridized carbons (Fsp3) is 0.222. The fourth-order valence-electron chi connectivity index (χ4n) is 2.76. The molecule has 0 amide bonds. The Bertz CT molecular complexity index is 680. The molecule has 1 aliphatic carbocycles. The molecular weight excluding hydrogens is 296 g/mol. The van der Waals surface area contributed by atoms with Crippen molar-refractivity contribution in [2.75, 3.05) is 0 Å². The van der Waals surface area contributed by atoms with E-state index in [1.807, 2.05) is 0 Å². The number of hydrogen-bond donors (Lipinski definition) is 0. The van der Waals surface area contributed by atoms with Crippen LogP contribution < -0.4 is 0 Å². The van der Waals surface area contributed by atoms with Crippen LogP contribution in [0.3, 0.4) is 0 Å². The van der Waals surface area contributed by atoms with E-state index in [1.54, 1.807) is 0 Å². The topological polar surface area (TPSA) is 0 Å². The summed E-state index contributed by atoms with van der Waals surface area (Å²) < 4.78 is 1.20. The van der Waals surface area contributed by atoms with Crippen molar-refractivity contribution in [1.82, 2.24) is 0 Å². The van der Waals surface area contributed by atoms with Crippen molar-refractivity contribution in [3.05, 3.63) is 63.1 Å². The standard InChI is InChI=1S/C18H17Br/c1-11-5-4-6-15(13(11)3)14-9-17-12(2)7-8-16(17)18(19)10-14/h4-10,12H,1-3H3. The van der Waals surface area contributed by atoms with Crippen LogP contribution in [0.2, 0.25) is 0 Å². The van der Waals surface area contributed by atoms with Gasteiger partial charge < -0.3 is 0 Å². The molecule has 96 valence electrons. The summed E-state index contributed by atoms with van der Waals surface area (Å²) >= 11 is 3.71. The quantitative estimate of drug-likeness (QED) is 0.618. The maximum atomic E-state index is 3.71. The molecule has 0 spiro atoms. The molecule has 0 saturated carbocycles. The molecule has 2 aromatic rings. The second-order valence-corrected chi connectivity index (χ2v) is 6.21. The highest BCUT2D eigenvalue weighted by molar-refractivity contribution is 9.10. The van der Waals surface area contributed by atoms with Gasteiger partial charge in [0, 0.05) is 4.47 Å². The maximum absolute atomic E-state index is 3.71. The summed E-state index contributed by atoms with van der Waals surface area (Å²) in [5, 5.41) is 0. The zero-order chi connectivity index (χ0) is 13.6. The van der Waals surface area contributed by atoms with Gasteiger partial charge in [0.25, 0.3) is 0 Å². The van der Waals surface area contributed by atoms with Gasteiger partial charge in [0.1, 0.15) is 0 Å². The molecule has 1 unspecified atom stereocenters. The summed E-state index contributed by atoms with van der Waals surface area (Å²) in [4.78, 5) is 0. The lowest BCUT2D eigenvalue weighted by molar-refractivity contribution is 0.989. The second kappa shape index (κ2) is 4.64. The molecule has 3 rings (SSSR count). The minimum atomic E-state index is 0.511. The molecule has 2 aromatic carbocycles. The van der Waals surface area contributed by atoms with E-state index in [0.717, 1.165) is 0 Å². The number of hydrogen-bond acceptors (Lipinski definition) is 0. The molecule has 1 heteroatoms. The Kier molecular flexibility index (Phi) is 3.10. The highest BCUT2D eigenvalue weighted by Crippen LogP contribution is 2.39. The largest absolute Gasteiger partial charge is 0.0766 e. The lowest BCUT2D eigenvalue weighted by Crippen LogP contribution is -1.92. The van der Waals surface area contributed by atoms with Gasteiger partial charge in [-0.3, -0.25) is 0 Å². The highest BCUT2D eigenvalue weighted by Gasteiger charge is 2.17. The molecule has 19 heavy (non-hydrogen) atoms. The molecular formula is C18H17Br. The van der Waals surface area contributed by atoms with E-state index in [1.165, 1.54) is 37.9 Å². The predicted molar refractivity (Wildman–Crippen MR) is 86.5 cm³/mol. The molecule has 0 aliphatic heterocycles. The maximum Gasteiger partial charge on any atom is 0.0256 e. The van der Waals surface area contributed by atoms with E-state index in [0.29, 0.717) is 5.92 Å². The predicted octanol–water partition coefficient (Wildman–Crippen LogP) is 5.86. The van der Waals surface area contributed by atoms with Crippen LogP contribution in [0.1, 0.15) is 35.1 Å². The van der Waals surface area contributed by atoms with Gasteiger partial charge >= 0.3 is 0 Å². The van der Waals surface area contributed by atoms with Crippen molar-refractivity contribution in [2.24, 2.45) is 0 Å². The summed E-state index contributed by atoms with van der Waals surface area (Å²) in [6.45, 7) is 6.63. The molecule has 0 fully saturated rings. The van der Waals surface area contributed by atoms with Crippen LogP contribution in [0.4, 0.5) is 0 Å². The number of aryl methyl sites for hydroxylation is 1. The van der Waals surface area contributed by atoms with Gasteiger partial charge in [0.05, 0.1) is 0 Å². The number of rotatable bonds is 1. The number of fused-ring (bicyclic) bond motifs is 1. The van der Waals surface area contributed by atoms with E-state index in [-0.39, 0.29) is 0 Å². The minimum absolute atomic E-state index is 0.511.